The van der Waals surface area contributed by atoms with E-state index in [1.165, 1.54) is 12.1 Å². The van der Waals surface area contributed by atoms with E-state index in [9.17, 15) is 42.5 Å². The summed E-state index contributed by atoms with van der Waals surface area (Å²) in [4.78, 5) is 58.8. The average molecular weight is 529 g/mol. The van der Waals surface area contributed by atoms with Crippen molar-refractivity contribution in [3.63, 3.8) is 0 Å². The van der Waals surface area contributed by atoms with Crippen LogP contribution in [-0.2, 0) is 25.3 Å². The molecule has 3 amide bonds. The van der Waals surface area contributed by atoms with Crippen LogP contribution in [0.2, 0.25) is 5.02 Å². The molecule has 36 heavy (non-hydrogen) atoms. The van der Waals surface area contributed by atoms with Gasteiger partial charge in [0.2, 0.25) is 5.91 Å². The number of carbonyl (C=O) groups is 4. The van der Waals surface area contributed by atoms with Crippen molar-refractivity contribution < 1.29 is 42.0 Å². The number of carbonyl (C=O) groups excluding carboxylic acids is 4. The SMILES string of the molecule is O=C(COC(=O)[C@@H]1CC(=O)N(NC(=O)c2ccc([N+](=O)[O-])cc2)C1)Nc1cc(C(F)(F)F)ccc1Cl. The molecule has 1 fully saturated rings. The predicted molar refractivity (Wildman–Crippen MR) is 116 cm³/mol. The first kappa shape index (κ1) is 26.4. The molecule has 1 aliphatic rings. The molecule has 0 aliphatic carbocycles. The number of esters is 1. The Labute approximate surface area is 205 Å². The maximum absolute atomic E-state index is 12.8. The van der Waals surface area contributed by atoms with Crippen LogP contribution in [0.25, 0.3) is 0 Å². The number of alkyl halides is 3. The fourth-order valence-corrected chi connectivity index (χ4v) is 3.30. The van der Waals surface area contributed by atoms with Crippen LogP contribution in [0.4, 0.5) is 24.5 Å². The summed E-state index contributed by atoms with van der Waals surface area (Å²) in [6.07, 6.45) is -4.99. The lowest BCUT2D eigenvalue weighted by Gasteiger charge is -2.17. The molecule has 0 bridgehead atoms. The quantitative estimate of drug-likeness (QED) is 0.319. The van der Waals surface area contributed by atoms with Gasteiger partial charge in [0.05, 0.1) is 33.7 Å². The van der Waals surface area contributed by atoms with E-state index in [2.05, 4.69) is 10.7 Å². The number of non-ortho nitro benzene ring substituents is 1. The molecule has 2 N–H and O–H groups in total. The lowest BCUT2D eigenvalue weighted by atomic mass is 10.1. The number of benzene rings is 2. The number of hydrogen-bond donors (Lipinski definition) is 2. The lowest BCUT2D eigenvalue weighted by molar-refractivity contribution is -0.384. The minimum atomic E-state index is -4.66. The molecule has 0 saturated carbocycles. The second-order valence-corrected chi connectivity index (χ2v) is 7.91. The van der Waals surface area contributed by atoms with E-state index in [1.807, 2.05) is 0 Å². The van der Waals surface area contributed by atoms with Gasteiger partial charge in [-0.05, 0) is 30.3 Å². The number of amides is 3. The van der Waals surface area contributed by atoms with Gasteiger partial charge >= 0.3 is 12.1 Å². The van der Waals surface area contributed by atoms with Crippen molar-refractivity contribution in [2.24, 2.45) is 5.92 Å². The Bertz CT molecular complexity index is 1220. The van der Waals surface area contributed by atoms with E-state index in [1.54, 1.807) is 0 Å². The summed E-state index contributed by atoms with van der Waals surface area (Å²) >= 11 is 5.80. The van der Waals surface area contributed by atoms with E-state index in [0.29, 0.717) is 6.07 Å². The van der Waals surface area contributed by atoms with Gasteiger partial charge in [0.1, 0.15) is 0 Å². The first-order valence-electron chi connectivity index (χ1n) is 10.0. The number of hydrazine groups is 1. The molecule has 2 aromatic rings. The van der Waals surface area contributed by atoms with E-state index < -0.39 is 52.9 Å². The van der Waals surface area contributed by atoms with Crippen molar-refractivity contribution >= 4 is 46.7 Å². The third-order valence-electron chi connectivity index (χ3n) is 4.95. The maximum Gasteiger partial charge on any atom is 0.416 e. The number of halogens is 4. The number of rotatable bonds is 7. The highest BCUT2D eigenvalue weighted by atomic mass is 35.5. The van der Waals surface area contributed by atoms with Gasteiger partial charge in [0.15, 0.2) is 6.61 Å². The van der Waals surface area contributed by atoms with E-state index in [0.717, 1.165) is 29.3 Å². The smallest absolute Gasteiger partial charge is 0.416 e. The number of ether oxygens (including phenoxy) is 1. The van der Waals surface area contributed by atoms with Crippen LogP contribution in [0.15, 0.2) is 42.5 Å². The van der Waals surface area contributed by atoms with Gasteiger partial charge < -0.3 is 10.1 Å². The molecule has 0 spiro atoms. The number of nitrogens with one attached hydrogen (secondary N) is 2. The van der Waals surface area contributed by atoms with Gasteiger partial charge in [-0.3, -0.25) is 39.7 Å². The van der Waals surface area contributed by atoms with Crippen molar-refractivity contribution in [2.45, 2.75) is 12.6 Å². The van der Waals surface area contributed by atoms with Crippen molar-refractivity contribution in [1.29, 1.82) is 0 Å². The van der Waals surface area contributed by atoms with E-state index in [4.69, 9.17) is 16.3 Å². The van der Waals surface area contributed by atoms with Crippen molar-refractivity contribution in [3.05, 3.63) is 68.7 Å². The highest BCUT2D eigenvalue weighted by Crippen LogP contribution is 2.33. The minimum absolute atomic E-state index is 0.0318. The normalized spacial score (nSPS) is 15.4. The van der Waals surface area contributed by atoms with Crippen LogP contribution in [-0.4, -0.2) is 46.8 Å². The summed E-state index contributed by atoms with van der Waals surface area (Å²) in [6.45, 7) is -1.12. The summed E-state index contributed by atoms with van der Waals surface area (Å²) in [5.41, 5.74) is 0.710. The van der Waals surface area contributed by atoms with Gasteiger partial charge in [0, 0.05) is 24.1 Å². The van der Waals surface area contributed by atoms with Crippen LogP contribution in [0, 0.1) is 16.0 Å². The minimum Gasteiger partial charge on any atom is -0.455 e. The number of nitro groups is 1. The summed E-state index contributed by atoms with van der Waals surface area (Å²) in [5, 5.41) is 13.5. The number of nitro benzene ring substituents is 1. The standard InChI is InChI=1S/C21H16ClF3N4O7/c22-15-6-3-13(21(23,24)25)8-16(15)26-17(30)10-36-20(33)12-7-18(31)28(9-12)27-19(32)11-1-4-14(5-2-11)29(34)35/h1-6,8,12H,7,9-10H2,(H,26,30)(H,27,32)/t12-/m1/s1. The Balaban J connectivity index is 1.52. The van der Waals surface area contributed by atoms with Crippen LogP contribution < -0.4 is 10.7 Å². The third-order valence-corrected chi connectivity index (χ3v) is 5.28. The fraction of sp³-hybridized carbons (Fsp3) is 0.238. The summed E-state index contributed by atoms with van der Waals surface area (Å²) in [7, 11) is 0. The summed E-state index contributed by atoms with van der Waals surface area (Å²) in [6, 6.07) is 6.92. The zero-order valence-electron chi connectivity index (χ0n) is 18.0. The molecule has 1 saturated heterocycles. The molecule has 11 nitrogen and oxygen atoms in total. The molecule has 2 aromatic carbocycles. The van der Waals surface area contributed by atoms with Crippen LogP contribution in [0.5, 0.6) is 0 Å². The molecule has 0 radical (unpaired) electrons. The number of hydrogen-bond acceptors (Lipinski definition) is 7. The average Bonchev–Trinajstić information content (AvgIpc) is 3.18. The highest BCUT2D eigenvalue weighted by molar-refractivity contribution is 6.33. The molecule has 1 aliphatic heterocycles. The van der Waals surface area contributed by atoms with Crippen molar-refractivity contribution in [2.75, 3.05) is 18.5 Å². The molecular weight excluding hydrogens is 513 g/mol. The number of anilines is 1. The molecule has 3 rings (SSSR count). The Kier molecular flexibility index (Phi) is 7.77. The zero-order valence-corrected chi connectivity index (χ0v) is 18.8. The van der Waals surface area contributed by atoms with Crippen molar-refractivity contribution in [3.8, 4) is 0 Å². The van der Waals surface area contributed by atoms with Gasteiger partial charge in [-0.2, -0.15) is 13.2 Å². The van der Waals surface area contributed by atoms with E-state index in [-0.39, 0.29) is 34.9 Å². The highest BCUT2D eigenvalue weighted by Gasteiger charge is 2.37. The second kappa shape index (κ2) is 10.6. The second-order valence-electron chi connectivity index (χ2n) is 7.50. The summed E-state index contributed by atoms with van der Waals surface area (Å²) < 4.78 is 43.4. The Morgan fingerprint density at radius 2 is 1.83 bits per heavy atom. The molecular formula is C21H16ClF3N4O7. The summed E-state index contributed by atoms with van der Waals surface area (Å²) in [5.74, 6) is -4.30. The largest absolute Gasteiger partial charge is 0.455 e. The van der Waals surface area contributed by atoms with E-state index >= 15 is 0 Å². The Hall–Kier alpha value is -4.20. The molecule has 190 valence electrons. The molecule has 1 atom stereocenters. The molecule has 0 aromatic heterocycles. The molecule has 0 unspecified atom stereocenters. The fourth-order valence-electron chi connectivity index (χ4n) is 3.13. The predicted octanol–water partition coefficient (Wildman–Crippen LogP) is 2.94. The van der Waals surface area contributed by atoms with Crippen LogP contribution in [0.1, 0.15) is 22.3 Å². The lowest BCUT2D eigenvalue weighted by Crippen LogP contribution is -2.43. The van der Waals surface area contributed by atoms with Gasteiger partial charge in [-0.1, -0.05) is 11.6 Å². The number of nitrogens with zero attached hydrogens (tertiary/aromatic N) is 2. The third kappa shape index (κ3) is 6.47. The van der Waals surface area contributed by atoms with Gasteiger partial charge in [-0.25, -0.2) is 0 Å². The molecule has 15 heteroatoms. The van der Waals surface area contributed by atoms with Crippen LogP contribution >= 0.6 is 11.6 Å². The van der Waals surface area contributed by atoms with Gasteiger partial charge in [0.25, 0.3) is 17.5 Å². The van der Waals surface area contributed by atoms with Crippen LogP contribution in [0.3, 0.4) is 0 Å². The monoisotopic (exact) mass is 528 g/mol. The Morgan fingerprint density at radius 3 is 2.44 bits per heavy atom. The Morgan fingerprint density at radius 1 is 1.17 bits per heavy atom. The first-order valence-corrected chi connectivity index (χ1v) is 10.4. The topological polar surface area (TPSA) is 148 Å². The zero-order chi connectivity index (χ0) is 26.6. The van der Waals surface area contributed by atoms with Gasteiger partial charge in [-0.15, -0.1) is 0 Å². The van der Waals surface area contributed by atoms with Crippen molar-refractivity contribution in [1.82, 2.24) is 10.4 Å². The maximum atomic E-state index is 12.8. The molecule has 1 heterocycles. The first-order chi connectivity index (χ1) is 16.8.